The van der Waals surface area contributed by atoms with Crippen molar-refractivity contribution in [3.05, 3.63) is 46.8 Å². The lowest BCUT2D eigenvalue weighted by atomic mass is 10.1. The topological polar surface area (TPSA) is 62.3 Å². The van der Waals surface area contributed by atoms with Gasteiger partial charge in [-0.05, 0) is 30.0 Å². The zero-order valence-corrected chi connectivity index (χ0v) is 10.7. The van der Waals surface area contributed by atoms with Crippen molar-refractivity contribution >= 4 is 5.97 Å². The number of carboxylic acids is 1. The normalized spacial score (nSPS) is 21.3. The smallest absolute Gasteiger partial charge is 0.352 e. The summed E-state index contributed by atoms with van der Waals surface area (Å²) in [5.41, 5.74) is 3.61. The lowest BCUT2D eigenvalue weighted by Crippen LogP contribution is -2.15. The van der Waals surface area contributed by atoms with Gasteiger partial charge in [0.2, 0.25) is 0 Å². The van der Waals surface area contributed by atoms with Gasteiger partial charge in [0.05, 0.1) is 12.7 Å². The molecular formula is C15H17NO3. The van der Waals surface area contributed by atoms with E-state index in [0.29, 0.717) is 6.61 Å². The molecule has 0 aliphatic heterocycles. The van der Waals surface area contributed by atoms with Crippen LogP contribution in [0.25, 0.3) is 0 Å². The van der Waals surface area contributed by atoms with E-state index in [1.165, 1.54) is 5.57 Å². The molecule has 3 rings (SSSR count). The molecule has 1 unspecified atom stereocenters. The van der Waals surface area contributed by atoms with E-state index in [0.717, 1.165) is 36.9 Å². The van der Waals surface area contributed by atoms with Crippen LogP contribution in [0.3, 0.4) is 0 Å². The largest absolute Gasteiger partial charge is 0.477 e. The predicted molar refractivity (Wildman–Crippen MR) is 71.4 cm³/mol. The van der Waals surface area contributed by atoms with Gasteiger partial charge in [-0.2, -0.15) is 0 Å². The van der Waals surface area contributed by atoms with Gasteiger partial charge in [0, 0.05) is 18.5 Å². The van der Waals surface area contributed by atoms with E-state index in [4.69, 9.17) is 9.84 Å². The van der Waals surface area contributed by atoms with Crippen LogP contribution in [0, 0.1) is 0 Å². The number of fused-ring (bicyclic) bond motifs is 1. The summed E-state index contributed by atoms with van der Waals surface area (Å²) >= 11 is 0. The highest BCUT2D eigenvalue weighted by atomic mass is 16.5. The molecule has 4 heteroatoms. The number of aromatic nitrogens is 1. The summed E-state index contributed by atoms with van der Waals surface area (Å²) < 4.78 is 5.90. The van der Waals surface area contributed by atoms with Gasteiger partial charge in [0.25, 0.3) is 0 Å². The van der Waals surface area contributed by atoms with Crippen LogP contribution in [0.2, 0.25) is 0 Å². The highest BCUT2D eigenvalue weighted by Crippen LogP contribution is 2.25. The predicted octanol–water partition coefficient (Wildman–Crippen LogP) is 2.47. The van der Waals surface area contributed by atoms with Gasteiger partial charge in [-0.3, -0.25) is 0 Å². The fraction of sp³-hybridized carbons (Fsp3) is 0.400. The molecule has 0 radical (unpaired) electrons. The maximum Gasteiger partial charge on any atom is 0.352 e. The zero-order valence-electron chi connectivity index (χ0n) is 10.7. The Bertz CT molecular complexity index is 530. The van der Waals surface area contributed by atoms with E-state index in [-0.39, 0.29) is 11.8 Å². The summed E-state index contributed by atoms with van der Waals surface area (Å²) in [6.45, 7) is 0.650. The van der Waals surface area contributed by atoms with Gasteiger partial charge in [-0.25, -0.2) is 4.79 Å². The van der Waals surface area contributed by atoms with Crippen molar-refractivity contribution in [3.8, 4) is 0 Å². The molecule has 100 valence electrons. The second kappa shape index (κ2) is 5.05. The molecule has 0 saturated heterocycles. The summed E-state index contributed by atoms with van der Waals surface area (Å²) in [4.78, 5) is 13.8. The van der Waals surface area contributed by atoms with E-state index in [1.807, 2.05) is 0 Å². The molecule has 0 spiro atoms. The molecule has 4 nitrogen and oxygen atoms in total. The van der Waals surface area contributed by atoms with Crippen molar-refractivity contribution in [2.75, 3.05) is 6.61 Å². The average Bonchev–Trinajstić information content (AvgIpc) is 2.95. The third-order valence-corrected chi connectivity index (χ3v) is 3.66. The van der Waals surface area contributed by atoms with E-state index in [1.54, 1.807) is 6.07 Å². The van der Waals surface area contributed by atoms with Crippen molar-refractivity contribution < 1.29 is 14.6 Å². The number of aromatic amines is 1. The van der Waals surface area contributed by atoms with Gasteiger partial charge in [-0.1, -0.05) is 18.2 Å². The van der Waals surface area contributed by atoms with Crippen LogP contribution in [-0.2, 0) is 17.6 Å². The lowest BCUT2D eigenvalue weighted by molar-refractivity contribution is 0.0686. The van der Waals surface area contributed by atoms with Crippen molar-refractivity contribution in [1.82, 2.24) is 4.98 Å². The SMILES string of the molecule is O=C(O)c1cc2c([nH]1)CC(OCC1=CCCC=C1)C2. The summed E-state index contributed by atoms with van der Waals surface area (Å²) in [5, 5.41) is 8.90. The number of H-pyrrole nitrogens is 1. The van der Waals surface area contributed by atoms with Gasteiger partial charge < -0.3 is 14.8 Å². The molecule has 0 amide bonds. The third-order valence-electron chi connectivity index (χ3n) is 3.66. The number of carboxylic acid groups (broad SMARTS) is 1. The van der Waals surface area contributed by atoms with Crippen LogP contribution >= 0.6 is 0 Å². The fourth-order valence-electron chi connectivity index (χ4n) is 2.67. The number of hydrogen-bond donors (Lipinski definition) is 2. The molecule has 1 heterocycles. The molecule has 0 saturated carbocycles. The van der Waals surface area contributed by atoms with Gasteiger partial charge in [0.15, 0.2) is 0 Å². The summed E-state index contributed by atoms with van der Waals surface area (Å²) in [7, 11) is 0. The Morgan fingerprint density at radius 1 is 1.42 bits per heavy atom. The highest BCUT2D eigenvalue weighted by molar-refractivity contribution is 5.86. The van der Waals surface area contributed by atoms with Crippen LogP contribution in [0.5, 0.6) is 0 Å². The van der Waals surface area contributed by atoms with E-state index in [2.05, 4.69) is 23.2 Å². The highest BCUT2D eigenvalue weighted by Gasteiger charge is 2.25. The molecule has 0 aromatic carbocycles. The first-order valence-electron chi connectivity index (χ1n) is 6.63. The van der Waals surface area contributed by atoms with Crippen LogP contribution < -0.4 is 0 Å². The van der Waals surface area contributed by atoms with Crippen molar-refractivity contribution in [2.24, 2.45) is 0 Å². The van der Waals surface area contributed by atoms with Gasteiger partial charge in [-0.15, -0.1) is 0 Å². The molecule has 0 bridgehead atoms. The summed E-state index contributed by atoms with van der Waals surface area (Å²) in [6, 6.07) is 1.72. The van der Waals surface area contributed by atoms with Gasteiger partial charge >= 0.3 is 5.97 Å². The molecule has 2 N–H and O–H groups in total. The first-order chi connectivity index (χ1) is 9.22. The molecule has 1 atom stereocenters. The number of allylic oxidation sites excluding steroid dienone is 2. The van der Waals surface area contributed by atoms with Gasteiger partial charge in [0.1, 0.15) is 5.69 Å². The molecule has 2 aliphatic rings. The number of hydrogen-bond acceptors (Lipinski definition) is 2. The minimum absolute atomic E-state index is 0.167. The first kappa shape index (κ1) is 12.2. The van der Waals surface area contributed by atoms with E-state index < -0.39 is 5.97 Å². The van der Waals surface area contributed by atoms with Crippen LogP contribution in [0.1, 0.15) is 34.6 Å². The Labute approximate surface area is 111 Å². The molecule has 0 fully saturated rings. The number of nitrogens with one attached hydrogen (secondary N) is 1. The van der Waals surface area contributed by atoms with Crippen molar-refractivity contribution in [2.45, 2.75) is 31.8 Å². The Balaban J connectivity index is 1.56. The molecule has 19 heavy (non-hydrogen) atoms. The number of aromatic carboxylic acids is 1. The van der Waals surface area contributed by atoms with Crippen molar-refractivity contribution in [1.29, 1.82) is 0 Å². The Hall–Kier alpha value is -1.81. The standard InChI is InChI=1S/C15H17NO3/c17-15(18)14-7-11-6-12(8-13(11)16-14)19-9-10-4-2-1-3-5-10/h2,4-5,7,12,16H,1,3,6,8-9H2,(H,17,18). The quantitative estimate of drug-likeness (QED) is 0.873. The molecule has 1 aromatic rings. The second-order valence-corrected chi connectivity index (χ2v) is 5.09. The number of rotatable bonds is 4. The molecular weight excluding hydrogens is 242 g/mol. The number of carbonyl (C=O) groups is 1. The monoisotopic (exact) mass is 259 g/mol. The van der Waals surface area contributed by atoms with E-state index in [9.17, 15) is 4.79 Å². The lowest BCUT2D eigenvalue weighted by Gasteiger charge is -2.13. The summed E-state index contributed by atoms with van der Waals surface area (Å²) in [6.07, 6.45) is 10.5. The minimum atomic E-state index is -0.899. The average molecular weight is 259 g/mol. The first-order valence-corrected chi connectivity index (χ1v) is 6.63. The van der Waals surface area contributed by atoms with Crippen molar-refractivity contribution in [3.63, 3.8) is 0 Å². The minimum Gasteiger partial charge on any atom is -0.477 e. The molecule has 2 aliphatic carbocycles. The Morgan fingerprint density at radius 2 is 2.32 bits per heavy atom. The van der Waals surface area contributed by atoms with E-state index >= 15 is 0 Å². The fourth-order valence-corrected chi connectivity index (χ4v) is 2.67. The maximum atomic E-state index is 10.8. The Kier molecular flexibility index (Phi) is 3.25. The van der Waals surface area contributed by atoms with Crippen LogP contribution in [0.15, 0.2) is 29.9 Å². The third kappa shape index (κ3) is 2.63. The second-order valence-electron chi connectivity index (χ2n) is 5.09. The maximum absolute atomic E-state index is 10.8. The number of ether oxygens (including phenoxy) is 1. The van der Waals surface area contributed by atoms with Crippen LogP contribution in [-0.4, -0.2) is 28.8 Å². The Morgan fingerprint density at radius 3 is 3.00 bits per heavy atom. The van der Waals surface area contributed by atoms with Crippen LogP contribution in [0.4, 0.5) is 0 Å². The molecule has 1 aromatic heterocycles. The zero-order chi connectivity index (χ0) is 13.2. The summed E-state index contributed by atoms with van der Waals surface area (Å²) in [5.74, 6) is -0.899.